The molecule has 0 saturated carbocycles. The molecule has 0 fully saturated rings. The van der Waals surface area contributed by atoms with E-state index in [1.807, 2.05) is 19.2 Å². The summed E-state index contributed by atoms with van der Waals surface area (Å²) in [4.78, 5) is 4.39. The van der Waals surface area contributed by atoms with E-state index in [2.05, 4.69) is 29.1 Å². The van der Waals surface area contributed by atoms with Crippen LogP contribution in [0.2, 0.25) is 0 Å². The molecule has 4 heteroatoms. The van der Waals surface area contributed by atoms with E-state index in [0.29, 0.717) is 12.4 Å². The Labute approximate surface area is 95.1 Å². The van der Waals surface area contributed by atoms with Gasteiger partial charge in [0.15, 0.2) is 5.82 Å². The number of aryl methyl sites for hydroxylation is 2. The molecule has 4 nitrogen and oxygen atoms in total. The third-order valence-corrected chi connectivity index (χ3v) is 2.69. The second-order valence-electron chi connectivity index (χ2n) is 3.88. The first kappa shape index (κ1) is 10.8. The minimum absolute atomic E-state index is 0.390. The van der Waals surface area contributed by atoms with Crippen LogP contribution in [0.25, 0.3) is 0 Å². The Kier molecular flexibility index (Phi) is 3.01. The highest BCUT2D eigenvalue weighted by molar-refractivity contribution is 5.28. The lowest BCUT2D eigenvalue weighted by atomic mass is 10.1. The molecule has 1 heterocycles. The van der Waals surface area contributed by atoms with Crippen molar-refractivity contribution in [2.24, 2.45) is 12.8 Å². The molecule has 0 amide bonds. The van der Waals surface area contributed by atoms with Crippen LogP contribution in [0.1, 0.15) is 22.8 Å². The van der Waals surface area contributed by atoms with Crippen molar-refractivity contribution in [2.75, 3.05) is 0 Å². The Morgan fingerprint density at radius 3 is 2.69 bits per heavy atom. The third kappa shape index (κ3) is 2.12. The van der Waals surface area contributed by atoms with Crippen molar-refractivity contribution in [1.29, 1.82) is 0 Å². The van der Waals surface area contributed by atoms with Crippen molar-refractivity contribution < 1.29 is 0 Å². The van der Waals surface area contributed by atoms with Crippen LogP contribution in [0.4, 0.5) is 0 Å². The molecule has 0 aliphatic rings. The van der Waals surface area contributed by atoms with Crippen LogP contribution in [0.3, 0.4) is 0 Å². The molecule has 0 bridgehead atoms. The van der Waals surface area contributed by atoms with Crippen LogP contribution < -0.4 is 5.73 Å². The molecule has 0 aliphatic heterocycles. The number of nitrogens with two attached hydrogens (primary N) is 1. The molecule has 2 rings (SSSR count). The van der Waals surface area contributed by atoms with Gasteiger partial charge in [0.25, 0.3) is 0 Å². The number of hydrogen-bond acceptors (Lipinski definition) is 3. The summed E-state index contributed by atoms with van der Waals surface area (Å²) in [6, 6.07) is 8.31. The first-order valence-electron chi connectivity index (χ1n) is 5.34. The molecule has 1 aromatic heterocycles. The van der Waals surface area contributed by atoms with Crippen molar-refractivity contribution in [3.05, 3.63) is 47.0 Å². The second-order valence-corrected chi connectivity index (χ2v) is 3.88. The van der Waals surface area contributed by atoms with Gasteiger partial charge in [0.05, 0.1) is 6.54 Å². The Balaban J connectivity index is 2.27. The highest BCUT2D eigenvalue weighted by Gasteiger charge is 2.07. The highest BCUT2D eigenvalue weighted by atomic mass is 15.3. The zero-order chi connectivity index (χ0) is 11.5. The predicted molar refractivity (Wildman–Crippen MR) is 62.9 cm³/mol. The summed E-state index contributed by atoms with van der Waals surface area (Å²) in [5.74, 6) is 1.65. The average molecular weight is 216 g/mol. The number of hydrogen-bond donors (Lipinski definition) is 1. The minimum Gasteiger partial charge on any atom is -0.324 e. The number of nitrogens with zero attached hydrogens (tertiary/aromatic N) is 3. The molecule has 16 heavy (non-hydrogen) atoms. The normalized spacial score (nSPS) is 10.7. The third-order valence-electron chi connectivity index (χ3n) is 2.69. The number of aromatic nitrogens is 3. The standard InChI is InChI=1S/C12H16N4/c1-9-5-3-4-6-10(9)7-12-14-11(8-13)15-16(12)2/h3-6H,7-8,13H2,1-2H3. The fourth-order valence-electron chi connectivity index (χ4n) is 1.69. The lowest BCUT2D eigenvalue weighted by Gasteiger charge is -2.04. The molecule has 0 spiro atoms. The molecule has 1 aromatic carbocycles. The summed E-state index contributed by atoms with van der Waals surface area (Å²) >= 11 is 0. The quantitative estimate of drug-likeness (QED) is 0.838. The summed E-state index contributed by atoms with van der Waals surface area (Å²) < 4.78 is 1.80. The summed E-state index contributed by atoms with van der Waals surface area (Å²) in [6.45, 7) is 2.50. The van der Waals surface area contributed by atoms with Crippen molar-refractivity contribution in [3.8, 4) is 0 Å². The molecular weight excluding hydrogens is 200 g/mol. The van der Waals surface area contributed by atoms with Crippen molar-refractivity contribution in [1.82, 2.24) is 14.8 Å². The largest absolute Gasteiger partial charge is 0.324 e. The van der Waals surface area contributed by atoms with Gasteiger partial charge < -0.3 is 5.73 Å². The Bertz CT molecular complexity index is 488. The van der Waals surface area contributed by atoms with Gasteiger partial charge in [-0.15, -0.1) is 0 Å². The fourth-order valence-corrected chi connectivity index (χ4v) is 1.69. The summed E-state index contributed by atoms with van der Waals surface area (Å²) in [5.41, 5.74) is 8.07. The van der Waals surface area contributed by atoms with Gasteiger partial charge in [0.2, 0.25) is 0 Å². The Morgan fingerprint density at radius 2 is 2.06 bits per heavy atom. The van der Waals surface area contributed by atoms with Gasteiger partial charge in [-0.2, -0.15) is 5.10 Å². The summed E-state index contributed by atoms with van der Waals surface area (Å²) in [7, 11) is 1.90. The zero-order valence-electron chi connectivity index (χ0n) is 9.64. The van der Waals surface area contributed by atoms with Crippen LogP contribution in [0.15, 0.2) is 24.3 Å². The van der Waals surface area contributed by atoms with Gasteiger partial charge >= 0.3 is 0 Å². The topological polar surface area (TPSA) is 56.7 Å². The maximum Gasteiger partial charge on any atom is 0.164 e. The monoisotopic (exact) mass is 216 g/mol. The van der Waals surface area contributed by atoms with Gasteiger partial charge in [-0.1, -0.05) is 24.3 Å². The van der Waals surface area contributed by atoms with Crippen molar-refractivity contribution in [2.45, 2.75) is 19.9 Å². The van der Waals surface area contributed by atoms with Gasteiger partial charge in [-0.05, 0) is 18.1 Å². The number of benzene rings is 1. The zero-order valence-corrected chi connectivity index (χ0v) is 9.64. The molecule has 2 N–H and O–H groups in total. The average Bonchev–Trinajstić information content (AvgIpc) is 2.63. The summed E-state index contributed by atoms with van der Waals surface area (Å²) in [5, 5.41) is 4.24. The van der Waals surface area contributed by atoms with E-state index in [0.717, 1.165) is 12.2 Å². The maximum absolute atomic E-state index is 5.52. The Morgan fingerprint density at radius 1 is 1.31 bits per heavy atom. The lowest BCUT2D eigenvalue weighted by molar-refractivity contribution is 0.705. The van der Waals surface area contributed by atoms with Gasteiger partial charge in [-0.25, -0.2) is 4.98 Å². The van der Waals surface area contributed by atoms with E-state index in [4.69, 9.17) is 5.73 Å². The van der Waals surface area contributed by atoms with E-state index < -0.39 is 0 Å². The van der Waals surface area contributed by atoms with Gasteiger partial charge in [0.1, 0.15) is 5.82 Å². The summed E-state index contributed by atoms with van der Waals surface area (Å²) in [6.07, 6.45) is 0.802. The van der Waals surface area contributed by atoms with Crippen LogP contribution in [-0.4, -0.2) is 14.8 Å². The fraction of sp³-hybridized carbons (Fsp3) is 0.333. The molecule has 0 unspecified atom stereocenters. The predicted octanol–water partition coefficient (Wildman–Crippen LogP) is 1.17. The molecular formula is C12H16N4. The van der Waals surface area contributed by atoms with E-state index in [1.54, 1.807) is 4.68 Å². The van der Waals surface area contributed by atoms with E-state index >= 15 is 0 Å². The van der Waals surface area contributed by atoms with Crippen LogP contribution >= 0.6 is 0 Å². The highest BCUT2D eigenvalue weighted by Crippen LogP contribution is 2.11. The lowest BCUT2D eigenvalue weighted by Crippen LogP contribution is -2.01. The van der Waals surface area contributed by atoms with Gasteiger partial charge in [-0.3, -0.25) is 4.68 Å². The van der Waals surface area contributed by atoms with Crippen molar-refractivity contribution >= 4 is 0 Å². The molecule has 2 aromatic rings. The molecule has 0 radical (unpaired) electrons. The molecule has 0 aliphatic carbocycles. The van der Waals surface area contributed by atoms with Crippen molar-refractivity contribution in [3.63, 3.8) is 0 Å². The first-order valence-corrected chi connectivity index (χ1v) is 5.34. The van der Waals surface area contributed by atoms with E-state index in [9.17, 15) is 0 Å². The molecule has 0 atom stereocenters. The van der Waals surface area contributed by atoms with E-state index in [1.165, 1.54) is 11.1 Å². The minimum atomic E-state index is 0.390. The van der Waals surface area contributed by atoms with E-state index in [-0.39, 0.29) is 0 Å². The SMILES string of the molecule is Cc1ccccc1Cc1nc(CN)nn1C. The second kappa shape index (κ2) is 4.45. The number of rotatable bonds is 3. The van der Waals surface area contributed by atoms with Gasteiger partial charge in [0, 0.05) is 13.5 Å². The van der Waals surface area contributed by atoms with Crippen LogP contribution in [0, 0.1) is 6.92 Å². The van der Waals surface area contributed by atoms with Crippen LogP contribution in [0.5, 0.6) is 0 Å². The first-order chi connectivity index (χ1) is 7.70. The molecule has 84 valence electrons. The Hall–Kier alpha value is -1.68. The smallest absolute Gasteiger partial charge is 0.164 e. The molecule has 0 saturated heterocycles. The maximum atomic E-state index is 5.52. The van der Waals surface area contributed by atoms with Crippen LogP contribution in [-0.2, 0) is 20.0 Å².